The molecule has 142 valence electrons. The summed E-state index contributed by atoms with van der Waals surface area (Å²) >= 11 is 5.84. The van der Waals surface area contributed by atoms with Crippen LogP contribution in [-0.4, -0.2) is 41.4 Å². The highest BCUT2D eigenvalue weighted by Crippen LogP contribution is 2.32. The lowest BCUT2D eigenvalue weighted by Gasteiger charge is -2.20. The Bertz CT molecular complexity index is 997. The Hall–Kier alpha value is -3.33. The number of carbonyl (C=O) groups is 3. The number of anilines is 2. The van der Waals surface area contributed by atoms with E-state index in [1.54, 1.807) is 30.3 Å². The number of fused-ring (bicyclic) bond motifs is 1. The second kappa shape index (κ2) is 7.01. The van der Waals surface area contributed by atoms with Gasteiger partial charge in [0.25, 0.3) is 11.8 Å². The van der Waals surface area contributed by atoms with E-state index in [1.807, 2.05) is 0 Å². The summed E-state index contributed by atoms with van der Waals surface area (Å²) in [5.41, 5.74) is 0.372. The zero-order chi connectivity index (χ0) is 19.8. The molecule has 1 fully saturated rings. The van der Waals surface area contributed by atoms with E-state index in [-0.39, 0.29) is 12.2 Å². The van der Waals surface area contributed by atoms with E-state index in [4.69, 9.17) is 11.6 Å². The van der Waals surface area contributed by atoms with E-state index >= 15 is 0 Å². The molecule has 4 rings (SSSR count). The van der Waals surface area contributed by atoms with Gasteiger partial charge in [-0.15, -0.1) is 0 Å². The molecule has 0 radical (unpaired) electrons. The average Bonchev–Trinajstić information content (AvgIpc) is 3.18. The highest BCUT2D eigenvalue weighted by Gasteiger charge is 2.55. The number of benzene rings is 2. The minimum absolute atomic E-state index is 0.0109. The maximum absolute atomic E-state index is 13.7. The molecule has 1 saturated heterocycles. The van der Waals surface area contributed by atoms with Gasteiger partial charge in [-0.25, -0.2) is 9.29 Å². The molecule has 8 nitrogen and oxygen atoms in total. The van der Waals surface area contributed by atoms with E-state index in [9.17, 15) is 18.8 Å². The summed E-state index contributed by atoms with van der Waals surface area (Å²) in [4.78, 5) is 38.6. The fourth-order valence-corrected chi connectivity index (χ4v) is 3.22. The van der Waals surface area contributed by atoms with Crippen molar-refractivity contribution in [3.8, 4) is 0 Å². The predicted molar refractivity (Wildman–Crippen MR) is 98.1 cm³/mol. The molecule has 2 aromatic carbocycles. The fraction of sp³-hybridized carbons (Fsp3) is 0.167. The molecule has 2 aliphatic heterocycles. The highest BCUT2D eigenvalue weighted by molar-refractivity contribution is 6.31. The average molecular weight is 402 g/mol. The first-order valence-corrected chi connectivity index (χ1v) is 8.68. The van der Waals surface area contributed by atoms with Gasteiger partial charge in [-0.05, 0) is 36.4 Å². The number of halogens is 2. The standard InChI is InChI=1S/C18H13ClFN5O3/c19-10-5-7-11(8-6-10)25-17(27)15-16(18(25)28)24(23-22-15)9-14(26)21-13-4-2-1-3-12(13)20/h1-8,15-16H,9H2,(H,21,26)/t15-,16-/m1/s1. The van der Waals surface area contributed by atoms with Gasteiger partial charge in [-0.2, -0.15) is 5.11 Å². The van der Waals surface area contributed by atoms with Gasteiger partial charge in [-0.3, -0.25) is 19.4 Å². The minimum Gasteiger partial charge on any atom is -0.322 e. The van der Waals surface area contributed by atoms with Crippen LogP contribution in [0, 0.1) is 5.82 Å². The number of rotatable bonds is 4. The number of imide groups is 1. The molecule has 0 bridgehead atoms. The van der Waals surface area contributed by atoms with Crippen LogP contribution in [-0.2, 0) is 14.4 Å². The number of nitrogens with zero attached hydrogens (tertiary/aromatic N) is 4. The molecule has 28 heavy (non-hydrogen) atoms. The maximum atomic E-state index is 13.7. The Morgan fingerprint density at radius 1 is 1.11 bits per heavy atom. The zero-order valence-electron chi connectivity index (χ0n) is 14.3. The van der Waals surface area contributed by atoms with Crippen LogP contribution in [0.25, 0.3) is 0 Å². The van der Waals surface area contributed by atoms with Crippen molar-refractivity contribution in [3.63, 3.8) is 0 Å². The molecule has 10 heteroatoms. The number of carbonyl (C=O) groups excluding carboxylic acids is 3. The predicted octanol–water partition coefficient (Wildman–Crippen LogP) is 2.41. The van der Waals surface area contributed by atoms with Crippen LogP contribution in [0.3, 0.4) is 0 Å². The summed E-state index contributed by atoms with van der Waals surface area (Å²) in [5.74, 6) is -2.24. The SMILES string of the molecule is O=C(CN1N=N[C@H]2C(=O)N(c3ccc(Cl)cc3)C(=O)[C@@H]21)Nc1ccccc1F. The van der Waals surface area contributed by atoms with Crippen molar-refractivity contribution in [2.75, 3.05) is 16.8 Å². The Kier molecular flexibility index (Phi) is 4.52. The van der Waals surface area contributed by atoms with Crippen molar-refractivity contribution in [1.82, 2.24) is 5.01 Å². The second-order valence-electron chi connectivity index (χ2n) is 6.21. The van der Waals surface area contributed by atoms with Crippen LogP contribution in [0.1, 0.15) is 0 Å². The summed E-state index contributed by atoms with van der Waals surface area (Å²) in [5, 5.41) is 11.6. The fourth-order valence-electron chi connectivity index (χ4n) is 3.10. The lowest BCUT2D eigenvalue weighted by Crippen LogP contribution is -2.43. The van der Waals surface area contributed by atoms with Gasteiger partial charge in [0.1, 0.15) is 12.4 Å². The molecule has 2 atom stereocenters. The van der Waals surface area contributed by atoms with E-state index < -0.39 is 35.6 Å². The number of hydrogen-bond donors (Lipinski definition) is 1. The van der Waals surface area contributed by atoms with E-state index in [0.717, 1.165) is 9.91 Å². The van der Waals surface area contributed by atoms with Crippen LogP contribution in [0.5, 0.6) is 0 Å². The first-order chi connectivity index (χ1) is 13.5. The largest absolute Gasteiger partial charge is 0.322 e. The van der Waals surface area contributed by atoms with Crippen molar-refractivity contribution in [2.24, 2.45) is 10.3 Å². The van der Waals surface area contributed by atoms with Crippen molar-refractivity contribution < 1.29 is 18.8 Å². The summed E-state index contributed by atoms with van der Waals surface area (Å²) in [6, 6.07) is 9.87. The zero-order valence-corrected chi connectivity index (χ0v) is 15.0. The van der Waals surface area contributed by atoms with Crippen molar-refractivity contribution >= 4 is 40.7 Å². The summed E-state index contributed by atoms with van der Waals surface area (Å²) in [7, 11) is 0. The summed E-state index contributed by atoms with van der Waals surface area (Å²) in [6.45, 7) is -0.355. The highest BCUT2D eigenvalue weighted by atomic mass is 35.5. The molecule has 0 aliphatic carbocycles. The Morgan fingerprint density at radius 3 is 2.54 bits per heavy atom. The number of amides is 3. The van der Waals surface area contributed by atoms with Gasteiger partial charge in [0.05, 0.1) is 11.4 Å². The summed E-state index contributed by atoms with van der Waals surface area (Å²) in [6.07, 6.45) is 0. The Morgan fingerprint density at radius 2 is 1.82 bits per heavy atom. The maximum Gasteiger partial charge on any atom is 0.263 e. The molecule has 0 unspecified atom stereocenters. The number of nitrogens with one attached hydrogen (secondary N) is 1. The molecule has 0 saturated carbocycles. The third-order valence-corrected chi connectivity index (χ3v) is 4.65. The number of para-hydroxylation sites is 1. The molecule has 0 aromatic heterocycles. The first-order valence-electron chi connectivity index (χ1n) is 8.31. The van der Waals surface area contributed by atoms with Gasteiger partial charge in [0.2, 0.25) is 5.91 Å². The van der Waals surface area contributed by atoms with Gasteiger partial charge >= 0.3 is 0 Å². The topological polar surface area (TPSA) is 94.4 Å². The van der Waals surface area contributed by atoms with Crippen molar-refractivity contribution in [1.29, 1.82) is 0 Å². The van der Waals surface area contributed by atoms with E-state index in [0.29, 0.717) is 10.7 Å². The molecule has 2 heterocycles. The minimum atomic E-state index is -1.02. The lowest BCUT2D eigenvalue weighted by molar-refractivity contribution is -0.123. The smallest absolute Gasteiger partial charge is 0.263 e. The summed E-state index contributed by atoms with van der Waals surface area (Å²) < 4.78 is 13.7. The molecular weight excluding hydrogens is 389 g/mol. The normalized spacial score (nSPS) is 20.6. The molecule has 3 amide bonds. The monoisotopic (exact) mass is 401 g/mol. The molecule has 1 N–H and O–H groups in total. The van der Waals surface area contributed by atoms with Gasteiger partial charge in [0, 0.05) is 5.02 Å². The van der Waals surface area contributed by atoms with Crippen molar-refractivity contribution in [2.45, 2.75) is 12.1 Å². The van der Waals surface area contributed by atoms with Gasteiger partial charge in [-0.1, -0.05) is 29.0 Å². The van der Waals surface area contributed by atoms with Gasteiger partial charge in [0.15, 0.2) is 12.1 Å². The van der Waals surface area contributed by atoms with Crippen LogP contribution < -0.4 is 10.2 Å². The Labute approximate surface area is 163 Å². The van der Waals surface area contributed by atoms with Crippen LogP contribution in [0.4, 0.5) is 15.8 Å². The lowest BCUT2D eigenvalue weighted by atomic mass is 10.1. The van der Waals surface area contributed by atoms with E-state index in [2.05, 4.69) is 15.7 Å². The van der Waals surface area contributed by atoms with Gasteiger partial charge < -0.3 is 5.32 Å². The quantitative estimate of drug-likeness (QED) is 0.796. The second-order valence-corrected chi connectivity index (χ2v) is 6.64. The molecular formula is C18H13ClFN5O3. The third-order valence-electron chi connectivity index (χ3n) is 4.40. The van der Waals surface area contributed by atoms with Crippen LogP contribution >= 0.6 is 11.6 Å². The number of hydrogen-bond acceptors (Lipinski definition) is 6. The van der Waals surface area contributed by atoms with Crippen LogP contribution in [0.15, 0.2) is 58.9 Å². The first kappa shape index (κ1) is 18.1. The Balaban J connectivity index is 1.49. The third kappa shape index (κ3) is 3.09. The molecule has 0 spiro atoms. The van der Waals surface area contributed by atoms with E-state index in [1.165, 1.54) is 18.2 Å². The van der Waals surface area contributed by atoms with Crippen LogP contribution in [0.2, 0.25) is 5.02 Å². The molecule has 2 aliphatic rings. The molecule has 2 aromatic rings. The van der Waals surface area contributed by atoms with Crippen molar-refractivity contribution in [3.05, 3.63) is 59.4 Å².